The minimum Gasteiger partial charge on any atom is -0.394 e. The Morgan fingerprint density at radius 3 is 3.00 bits per heavy atom. The molecule has 0 aromatic carbocycles. The number of methoxy groups -OCH3 is 1. The first-order valence-corrected chi connectivity index (χ1v) is 3.63. The van der Waals surface area contributed by atoms with E-state index < -0.39 is 0 Å². The molecule has 1 saturated heterocycles. The van der Waals surface area contributed by atoms with Crippen LogP contribution in [0.4, 0.5) is 0 Å². The number of hydrogen-bond acceptors (Lipinski definition) is 3. The van der Waals surface area contributed by atoms with Gasteiger partial charge in [0.15, 0.2) is 0 Å². The third-order valence-electron chi connectivity index (χ3n) is 1.86. The van der Waals surface area contributed by atoms with Gasteiger partial charge in [0, 0.05) is 13.7 Å². The molecule has 0 amide bonds. The van der Waals surface area contributed by atoms with Gasteiger partial charge >= 0.3 is 0 Å². The third-order valence-corrected chi connectivity index (χ3v) is 1.86. The maximum absolute atomic E-state index is 8.79. The topological polar surface area (TPSA) is 38.7 Å². The minimum absolute atomic E-state index is 0.0680. The number of ether oxygens (including phenoxy) is 2. The minimum atomic E-state index is -0.0984. The predicted octanol–water partition coefficient (Wildman–Crippen LogP) is 0.173. The second-order valence-electron chi connectivity index (χ2n) is 2.51. The summed E-state index contributed by atoms with van der Waals surface area (Å²) < 4.78 is 10.4. The highest BCUT2D eigenvalue weighted by Gasteiger charge is 2.24. The molecule has 1 aliphatic rings. The second kappa shape index (κ2) is 3.91. The summed E-state index contributed by atoms with van der Waals surface area (Å²) in [6.07, 6.45) is 2.04. The van der Waals surface area contributed by atoms with E-state index in [1.54, 1.807) is 7.11 Å². The van der Waals surface area contributed by atoms with E-state index in [9.17, 15) is 0 Å². The fraction of sp³-hybridized carbons (Fsp3) is 1.00. The Kier molecular flexibility index (Phi) is 3.12. The lowest BCUT2D eigenvalue weighted by Gasteiger charge is -2.28. The smallest absolute Gasteiger partial charge is 0.107 e. The lowest BCUT2D eigenvalue weighted by Crippen LogP contribution is -2.38. The van der Waals surface area contributed by atoms with Crippen molar-refractivity contribution >= 4 is 0 Å². The van der Waals surface area contributed by atoms with Crippen LogP contribution >= 0.6 is 0 Å². The molecule has 0 aliphatic carbocycles. The molecule has 0 aromatic rings. The van der Waals surface area contributed by atoms with E-state index in [1.165, 1.54) is 0 Å². The third kappa shape index (κ3) is 1.68. The molecule has 1 rings (SSSR count). The largest absolute Gasteiger partial charge is 0.394 e. The molecule has 3 nitrogen and oxygen atoms in total. The SMILES string of the molecule is CO[C@H]1CCCO[C@@H]1CO. The van der Waals surface area contributed by atoms with Crippen LogP contribution in [-0.2, 0) is 9.47 Å². The lowest BCUT2D eigenvalue weighted by molar-refractivity contribution is -0.109. The van der Waals surface area contributed by atoms with E-state index in [0.717, 1.165) is 19.4 Å². The lowest BCUT2D eigenvalue weighted by atomic mass is 10.1. The molecular formula is C7H14O3. The normalized spacial score (nSPS) is 34.2. The van der Waals surface area contributed by atoms with Gasteiger partial charge in [-0.25, -0.2) is 0 Å². The molecule has 1 fully saturated rings. The zero-order valence-corrected chi connectivity index (χ0v) is 6.25. The van der Waals surface area contributed by atoms with Crippen molar-refractivity contribution in [2.45, 2.75) is 25.0 Å². The Morgan fingerprint density at radius 2 is 2.50 bits per heavy atom. The van der Waals surface area contributed by atoms with E-state index in [-0.39, 0.29) is 18.8 Å². The van der Waals surface area contributed by atoms with Gasteiger partial charge in [0.25, 0.3) is 0 Å². The molecule has 3 heteroatoms. The molecule has 0 unspecified atom stereocenters. The van der Waals surface area contributed by atoms with Crippen LogP contribution in [0.2, 0.25) is 0 Å². The summed E-state index contributed by atoms with van der Waals surface area (Å²) in [6, 6.07) is 0. The quantitative estimate of drug-likeness (QED) is 0.603. The molecule has 0 aromatic heterocycles. The highest BCUT2D eigenvalue weighted by molar-refractivity contribution is 4.73. The van der Waals surface area contributed by atoms with Crippen LogP contribution in [0.1, 0.15) is 12.8 Å². The van der Waals surface area contributed by atoms with Crippen molar-refractivity contribution in [1.29, 1.82) is 0 Å². The van der Waals surface area contributed by atoms with Crippen LogP contribution in [0.5, 0.6) is 0 Å². The summed E-state index contributed by atoms with van der Waals surface area (Å²) in [5.74, 6) is 0. The van der Waals surface area contributed by atoms with E-state index in [1.807, 2.05) is 0 Å². The van der Waals surface area contributed by atoms with Crippen LogP contribution in [0, 0.1) is 0 Å². The summed E-state index contributed by atoms with van der Waals surface area (Å²) in [5, 5.41) is 8.79. The maximum Gasteiger partial charge on any atom is 0.107 e. The first kappa shape index (κ1) is 7.98. The molecule has 60 valence electrons. The van der Waals surface area contributed by atoms with Gasteiger partial charge in [-0.3, -0.25) is 0 Å². The number of rotatable bonds is 2. The van der Waals surface area contributed by atoms with Crippen molar-refractivity contribution in [2.75, 3.05) is 20.3 Å². The number of hydrogen-bond donors (Lipinski definition) is 1. The van der Waals surface area contributed by atoms with E-state index >= 15 is 0 Å². The van der Waals surface area contributed by atoms with Gasteiger partial charge in [0.05, 0.1) is 12.7 Å². The molecule has 0 bridgehead atoms. The zero-order valence-electron chi connectivity index (χ0n) is 6.25. The van der Waals surface area contributed by atoms with Crippen LogP contribution < -0.4 is 0 Å². The van der Waals surface area contributed by atoms with Gasteiger partial charge in [-0.15, -0.1) is 0 Å². The van der Waals surface area contributed by atoms with Gasteiger partial charge < -0.3 is 14.6 Å². The van der Waals surface area contributed by atoms with Gasteiger partial charge in [0.2, 0.25) is 0 Å². The highest BCUT2D eigenvalue weighted by Crippen LogP contribution is 2.15. The molecule has 0 saturated carbocycles. The van der Waals surface area contributed by atoms with Crippen molar-refractivity contribution in [1.82, 2.24) is 0 Å². The standard InChI is InChI=1S/C7H14O3/c1-9-6-3-2-4-10-7(6)5-8/h6-8H,2-5H2,1H3/t6-,7+/m0/s1. The molecule has 0 radical (unpaired) electrons. The first-order chi connectivity index (χ1) is 4.88. The summed E-state index contributed by atoms with van der Waals surface area (Å²) in [7, 11) is 1.65. The molecular weight excluding hydrogens is 132 g/mol. The van der Waals surface area contributed by atoms with Crippen LogP contribution in [0.3, 0.4) is 0 Å². The summed E-state index contributed by atoms with van der Waals surface area (Å²) in [6.45, 7) is 0.823. The summed E-state index contributed by atoms with van der Waals surface area (Å²) in [4.78, 5) is 0. The van der Waals surface area contributed by atoms with Gasteiger partial charge in [-0.05, 0) is 12.8 Å². The van der Waals surface area contributed by atoms with E-state index in [0.29, 0.717) is 0 Å². The average molecular weight is 146 g/mol. The molecule has 1 N–H and O–H groups in total. The highest BCUT2D eigenvalue weighted by atomic mass is 16.5. The Bertz CT molecular complexity index is 82.9. The Balaban J connectivity index is 2.34. The Morgan fingerprint density at radius 1 is 1.70 bits per heavy atom. The van der Waals surface area contributed by atoms with Crippen LogP contribution in [0.15, 0.2) is 0 Å². The van der Waals surface area contributed by atoms with E-state index in [4.69, 9.17) is 14.6 Å². The van der Waals surface area contributed by atoms with E-state index in [2.05, 4.69) is 0 Å². The molecule has 1 aliphatic heterocycles. The van der Waals surface area contributed by atoms with Gasteiger partial charge in [-0.1, -0.05) is 0 Å². The fourth-order valence-electron chi connectivity index (χ4n) is 1.25. The van der Waals surface area contributed by atoms with Gasteiger partial charge in [0.1, 0.15) is 6.10 Å². The van der Waals surface area contributed by atoms with Crippen LogP contribution in [0.25, 0.3) is 0 Å². The Hall–Kier alpha value is -0.120. The molecule has 1 heterocycles. The van der Waals surface area contributed by atoms with Crippen LogP contribution in [-0.4, -0.2) is 37.6 Å². The monoisotopic (exact) mass is 146 g/mol. The second-order valence-corrected chi connectivity index (χ2v) is 2.51. The van der Waals surface area contributed by atoms with Crippen molar-refractivity contribution < 1.29 is 14.6 Å². The van der Waals surface area contributed by atoms with Crippen molar-refractivity contribution in [3.63, 3.8) is 0 Å². The first-order valence-electron chi connectivity index (χ1n) is 3.63. The zero-order chi connectivity index (χ0) is 7.40. The van der Waals surface area contributed by atoms with Crippen molar-refractivity contribution in [3.8, 4) is 0 Å². The van der Waals surface area contributed by atoms with Crippen molar-refractivity contribution in [2.24, 2.45) is 0 Å². The van der Waals surface area contributed by atoms with Gasteiger partial charge in [-0.2, -0.15) is 0 Å². The Labute approximate surface area is 60.9 Å². The number of aliphatic hydroxyl groups excluding tert-OH is 1. The number of aliphatic hydroxyl groups is 1. The molecule has 10 heavy (non-hydrogen) atoms. The fourth-order valence-corrected chi connectivity index (χ4v) is 1.25. The van der Waals surface area contributed by atoms with Crippen molar-refractivity contribution in [3.05, 3.63) is 0 Å². The maximum atomic E-state index is 8.79. The summed E-state index contributed by atoms with van der Waals surface area (Å²) >= 11 is 0. The average Bonchev–Trinajstić information content (AvgIpc) is 2.04. The predicted molar refractivity (Wildman–Crippen MR) is 36.9 cm³/mol. The molecule has 2 atom stereocenters. The summed E-state index contributed by atoms with van der Waals surface area (Å²) in [5.41, 5.74) is 0. The molecule has 0 spiro atoms.